The van der Waals surface area contributed by atoms with Gasteiger partial charge < -0.3 is 16.4 Å². The van der Waals surface area contributed by atoms with Crippen molar-refractivity contribution in [1.29, 1.82) is 0 Å². The highest BCUT2D eigenvalue weighted by Gasteiger charge is 2.34. The Balaban J connectivity index is 0.00000289. The van der Waals surface area contributed by atoms with Crippen LogP contribution in [0.3, 0.4) is 0 Å². The van der Waals surface area contributed by atoms with Crippen molar-refractivity contribution in [3.05, 3.63) is 108 Å². The van der Waals surface area contributed by atoms with Gasteiger partial charge in [0.05, 0.1) is 29.2 Å². The Kier molecular flexibility index (Phi) is 6.62. The van der Waals surface area contributed by atoms with E-state index in [4.69, 9.17) is 10.7 Å². The van der Waals surface area contributed by atoms with E-state index in [-0.39, 0.29) is 30.3 Å². The molecule has 1 aliphatic carbocycles. The molecule has 0 radical (unpaired) electrons. The van der Waals surface area contributed by atoms with Crippen LogP contribution in [0.1, 0.15) is 30.5 Å². The van der Waals surface area contributed by atoms with Crippen LogP contribution in [0.4, 0.5) is 17.2 Å². The first-order valence-corrected chi connectivity index (χ1v) is 13.3. The van der Waals surface area contributed by atoms with Crippen molar-refractivity contribution in [1.82, 2.24) is 14.5 Å². The number of benzene rings is 3. The number of hydrogen-bond donors (Lipinski definition) is 3. The number of hydrogen-bond acceptors (Lipinski definition) is 5. The van der Waals surface area contributed by atoms with Crippen LogP contribution in [0.5, 0.6) is 0 Å². The van der Waals surface area contributed by atoms with E-state index in [2.05, 4.69) is 44.5 Å². The molecule has 7 rings (SSSR count). The molecule has 7 nitrogen and oxygen atoms in total. The van der Waals surface area contributed by atoms with Crippen molar-refractivity contribution in [2.24, 2.45) is 5.73 Å². The lowest BCUT2D eigenvalue weighted by Gasteiger charge is -2.38. The largest absolute Gasteiger partial charge is 0.338 e. The first-order chi connectivity index (χ1) is 19.1. The molecular weight excluding hydrogens is 520 g/mol. The average molecular weight is 549 g/mol. The SMILES string of the molecule is Cl.NC1(c2ccc(-c3c(CC(=O)Nc4ccccc4)nc4n3-c3cccnc3Nc3ccccc3-4)cc2)CCC1. The molecule has 1 fully saturated rings. The van der Waals surface area contributed by atoms with Crippen LogP contribution in [0, 0.1) is 0 Å². The normalized spacial score (nSPS) is 14.2. The Bertz CT molecular complexity index is 1690. The number of halogens is 1. The number of nitrogens with two attached hydrogens (primary N) is 1. The second kappa shape index (κ2) is 10.3. The van der Waals surface area contributed by atoms with Gasteiger partial charge in [-0.15, -0.1) is 12.4 Å². The van der Waals surface area contributed by atoms with Gasteiger partial charge in [0.15, 0.2) is 5.82 Å². The fourth-order valence-electron chi connectivity index (χ4n) is 5.57. The van der Waals surface area contributed by atoms with Crippen LogP contribution >= 0.6 is 12.4 Å². The van der Waals surface area contributed by atoms with Crippen molar-refractivity contribution in [2.75, 3.05) is 10.6 Å². The Morgan fingerprint density at radius 1 is 0.950 bits per heavy atom. The maximum atomic E-state index is 13.3. The quantitative estimate of drug-likeness (QED) is 0.225. The van der Waals surface area contributed by atoms with Crippen LogP contribution in [-0.2, 0) is 16.8 Å². The molecule has 1 amide bonds. The molecule has 0 atom stereocenters. The number of imidazole rings is 1. The third-order valence-corrected chi connectivity index (χ3v) is 7.76. The van der Waals surface area contributed by atoms with Gasteiger partial charge in [0.25, 0.3) is 0 Å². The smallest absolute Gasteiger partial charge is 0.230 e. The second-order valence-electron chi connectivity index (χ2n) is 10.3. The molecule has 0 saturated heterocycles. The molecule has 2 aromatic heterocycles. The first-order valence-electron chi connectivity index (χ1n) is 13.3. The number of aromatic nitrogens is 3. The maximum absolute atomic E-state index is 13.3. The van der Waals surface area contributed by atoms with E-state index in [9.17, 15) is 4.79 Å². The predicted octanol–water partition coefficient (Wildman–Crippen LogP) is 6.60. The summed E-state index contributed by atoms with van der Waals surface area (Å²) in [4.78, 5) is 23.0. The minimum Gasteiger partial charge on any atom is -0.338 e. The molecule has 4 N–H and O–H groups in total. The molecule has 40 heavy (non-hydrogen) atoms. The number of para-hydroxylation sites is 2. The maximum Gasteiger partial charge on any atom is 0.230 e. The Labute approximate surface area is 238 Å². The summed E-state index contributed by atoms with van der Waals surface area (Å²) in [6.07, 6.45) is 5.06. The van der Waals surface area contributed by atoms with Gasteiger partial charge in [-0.1, -0.05) is 54.6 Å². The second-order valence-corrected chi connectivity index (χ2v) is 10.3. The van der Waals surface area contributed by atoms with Crippen molar-refractivity contribution in [3.63, 3.8) is 0 Å². The standard InChI is InChI=1S/C32H28N6O.ClH/c33-32(17-7-18-32)22-15-13-21(14-16-22)29-26(20-28(39)35-23-8-2-1-3-9-23)37-31-24-10-4-5-11-25(24)36-30-27(38(29)31)12-6-19-34-30;/h1-6,8-16,19H,7,17-18,20,33H2,(H,34,36)(H,35,39);1H. The summed E-state index contributed by atoms with van der Waals surface area (Å²) in [7, 11) is 0. The van der Waals surface area contributed by atoms with Crippen molar-refractivity contribution < 1.29 is 4.79 Å². The number of amides is 1. The minimum absolute atomic E-state index is 0. The Morgan fingerprint density at radius 2 is 1.70 bits per heavy atom. The topological polar surface area (TPSA) is 97.9 Å². The lowest BCUT2D eigenvalue weighted by atomic mass is 9.72. The highest BCUT2D eigenvalue weighted by atomic mass is 35.5. The summed E-state index contributed by atoms with van der Waals surface area (Å²) in [5.41, 5.74) is 13.5. The highest BCUT2D eigenvalue weighted by Crippen LogP contribution is 2.43. The van der Waals surface area contributed by atoms with Gasteiger partial charge in [-0.2, -0.15) is 0 Å². The molecule has 2 aliphatic rings. The zero-order valence-electron chi connectivity index (χ0n) is 21.8. The summed E-state index contributed by atoms with van der Waals surface area (Å²) >= 11 is 0. The number of nitrogens with zero attached hydrogens (tertiary/aromatic N) is 3. The number of rotatable bonds is 5. The predicted molar refractivity (Wildman–Crippen MR) is 161 cm³/mol. The van der Waals surface area contributed by atoms with Crippen molar-refractivity contribution in [2.45, 2.75) is 31.2 Å². The molecule has 5 aromatic rings. The number of carbonyl (C=O) groups excluding carboxylic acids is 1. The van der Waals surface area contributed by atoms with E-state index >= 15 is 0 Å². The zero-order chi connectivity index (χ0) is 26.4. The molecule has 3 heterocycles. The number of fused-ring (bicyclic) bond motifs is 5. The molecule has 1 saturated carbocycles. The van der Waals surface area contributed by atoms with Crippen molar-refractivity contribution >= 4 is 35.5 Å². The van der Waals surface area contributed by atoms with Crippen LogP contribution < -0.4 is 16.4 Å². The van der Waals surface area contributed by atoms with Gasteiger partial charge in [-0.3, -0.25) is 9.36 Å². The van der Waals surface area contributed by atoms with E-state index in [1.54, 1.807) is 6.20 Å². The van der Waals surface area contributed by atoms with E-state index in [1.165, 1.54) is 0 Å². The van der Waals surface area contributed by atoms with Crippen LogP contribution in [0.2, 0.25) is 0 Å². The molecule has 0 bridgehead atoms. The summed E-state index contributed by atoms with van der Waals surface area (Å²) in [5.74, 6) is 1.37. The van der Waals surface area contributed by atoms with E-state index in [0.717, 1.165) is 70.4 Å². The Morgan fingerprint density at radius 3 is 2.45 bits per heavy atom. The number of anilines is 3. The lowest BCUT2D eigenvalue weighted by molar-refractivity contribution is -0.115. The van der Waals surface area contributed by atoms with E-state index in [1.807, 2.05) is 66.7 Å². The molecule has 1 aliphatic heterocycles. The fraction of sp³-hybridized carbons (Fsp3) is 0.156. The van der Waals surface area contributed by atoms with Crippen molar-refractivity contribution in [3.8, 4) is 28.3 Å². The average Bonchev–Trinajstić information content (AvgIpc) is 3.24. The molecule has 0 unspecified atom stereocenters. The molecule has 8 heteroatoms. The van der Waals surface area contributed by atoms with Crippen LogP contribution in [-0.4, -0.2) is 20.4 Å². The summed E-state index contributed by atoms with van der Waals surface area (Å²) in [6, 6.07) is 29.9. The van der Waals surface area contributed by atoms with Gasteiger partial charge in [0.2, 0.25) is 5.91 Å². The van der Waals surface area contributed by atoms with Gasteiger partial charge in [-0.25, -0.2) is 9.97 Å². The number of pyridine rings is 1. The van der Waals surface area contributed by atoms with Gasteiger partial charge >= 0.3 is 0 Å². The minimum atomic E-state index is -0.245. The lowest BCUT2D eigenvalue weighted by Crippen LogP contribution is -2.43. The third kappa shape index (κ3) is 4.43. The molecule has 200 valence electrons. The zero-order valence-corrected chi connectivity index (χ0v) is 22.6. The molecule has 0 spiro atoms. The van der Waals surface area contributed by atoms with Crippen LogP contribution in [0.25, 0.3) is 28.3 Å². The van der Waals surface area contributed by atoms with Gasteiger partial charge in [0, 0.05) is 28.6 Å². The highest BCUT2D eigenvalue weighted by molar-refractivity contribution is 5.94. The summed E-state index contributed by atoms with van der Waals surface area (Å²) in [5, 5.41) is 6.50. The fourth-order valence-corrected chi connectivity index (χ4v) is 5.57. The first kappa shape index (κ1) is 25.8. The van der Waals surface area contributed by atoms with Crippen LogP contribution in [0.15, 0.2) is 97.2 Å². The number of nitrogens with one attached hydrogen (secondary N) is 2. The number of carbonyl (C=O) groups is 1. The van der Waals surface area contributed by atoms with E-state index in [0.29, 0.717) is 5.69 Å². The molecular formula is C32H29ClN6O. The van der Waals surface area contributed by atoms with Gasteiger partial charge in [-0.05, 0) is 61.2 Å². The summed E-state index contributed by atoms with van der Waals surface area (Å²) < 4.78 is 2.13. The molecule has 3 aromatic carbocycles. The van der Waals surface area contributed by atoms with E-state index < -0.39 is 0 Å². The monoisotopic (exact) mass is 548 g/mol. The Hall–Kier alpha value is -4.46. The van der Waals surface area contributed by atoms with Gasteiger partial charge in [0.1, 0.15) is 5.82 Å². The third-order valence-electron chi connectivity index (χ3n) is 7.76. The summed E-state index contributed by atoms with van der Waals surface area (Å²) in [6.45, 7) is 0.